The molecular formula is C18H20N6O2. The topological polar surface area (TPSA) is 100 Å². The van der Waals surface area contributed by atoms with Crippen molar-refractivity contribution in [3.63, 3.8) is 0 Å². The van der Waals surface area contributed by atoms with Gasteiger partial charge in [0, 0.05) is 37.8 Å². The van der Waals surface area contributed by atoms with Crippen molar-refractivity contribution >= 4 is 5.82 Å². The van der Waals surface area contributed by atoms with Crippen LogP contribution < -0.4 is 10.2 Å². The molecule has 1 fully saturated rings. The first-order valence-corrected chi connectivity index (χ1v) is 8.52. The van der Waals surface area contributed by atoms with Crippen molar-refractivity contribution in [3.8, 4) is 28.5 Å². The number of aryl methyl sites for hydroxylation is 1. The van der Waals surface area contributed by atoms with Crippen LogP contribution in [0.1, 0.15) is 12.3 Å². The summed E-state index contributed by atoms with van der Waals surface area (Å²) in [6, 6.07) is 5.81. The van der Waals surface area contributed by atoms with Crippen LogP contribution in [0.5, 0.6) is 5.75 Å². The zero-order valence-electron chi connectivity index (χ0n) is 14.7. The first-order chi connectivity index (χ1) is 12.6. The molecular weight excluding hydrogens is 332 g/mol. The van der Waals surface area contributed by atoms with Gasteiger partial charge in [-0.3, -0.25) is 0 Å². The predicted molar refractivity (Wildman–Crippen MR) is 96.8 cm³/mol. The zero-order chi connectivity index (χ0) is 18.1. The van der Waals surface area contributed by atoms with Crippen molar-refractivity contribution in [1.82, 2.24) is 25.5 Å². The van der Waals surface area contributed by atoms with Crippen LogP contribution in [0.4, 0.5) is 5.82 Å². The molecule has 3 aromatic rings. The molecule has 26 heavy (non-hydrogen) atoms. The number of pyridine rings is 1. The molecule has 0 amide bonds. The molecule has 4 heterocycles. The maximum Gasteiger partial charge on any atom is 0.191 e. The Labute approximate surface area is 150 Å². The Kier molecular flexibility index (Phi) is 4.26. The fourth-order valence-electron chi connectivity index (χ4n) is 3.10. The van der Waals surface area contributed by atoms with Gasteiger partial charge in [0.1, 0.15) is 17.1 Å². The number of rotatable bonds is 4. The summed E-state index contributed by atoms with van der Waals surface area (Å²) in [7, 11) is 1.97. The third kappa shape index (κ3) is 3.11. The van der Waals surface area contributed by atoms with Crippen LogP contribution in [-0.4, -0.2) is 51.5 Å². The second-order valence-electron chi connectivity index (χ2n) is 6.33. The fraction of sp³-hybridized carbons (Fsp3) is 0.333. The molecule has 1 aliphatic rings. The lowest BCUT2D eigenvalue weighted by Crippen LogP contribution is -2.29. The van der Waals surface area contributed by atoms with Crippen LogP contribution in [0.25, 0.3) is 22.7 Å². The van der Waals surface area contributed by atoms with Crippen LogP contribution >= 0.6 is 0 Å². The van der Waals surface area contributed by atoms with Crippen LogP contribution in [0, 0.1) is 6.92 Å². The highest BCUT2D eigenvalue weighted by molar-refractivity contribution is 5.68. The van der Waals surface area contributed by atoms with E-state index in [1.54, 1.807) is 25.4 Å². The minimum atomic E-state index is 0.0232. The van der Waals surface area contributed by atoms with Gasteiger partial charge in [0.15, 0.2) is 17.5 Å². The molecule has 0 aromatic carbocycles. The van der Waals surface area contributed by atoms with E-state index in [2.05, 4.69) is 30.4 Å². The van der Waals surface area contributed by atoms with Gasteiger partial charge in [-0.1, -0.05) is 0 Å². The van der Waals surface area contributed by atoms with Crippen molar-refractivity contribution in [2.24, 2.45) is 0 Å². The lowest BCUT2D eigenvalue weighted by molar-refractivity contribution is 0.474. The number of hydrogen-bond donors (Lipinski definition) is 2. The van der Waals surface area contributed by atoms with Gasteiger partial charge in [-0.2, -0.15) is 0 Å². The molecule has 8 nitrogen and oxygen atoms in total. The average Bonchev–Trinajstić information content (AvgIpc) is 3.31. The fourth-order valence-corrected chi connectivity index (χ4v) is 3.10. The molecule has 0 radical (unpaired) electrons. The number of anilines is 1. The summed E-state index contributed by atoms with van der Waals surface area (Å²) < 4.78 is 5.46. The van der Waals surface area contributed by atoms with Gasteiger partial charge in [-0.25, -0.2) is 9.97 Å². The van der Waals surface area contributed by atoms with E-state index in [1.165, 1.54) is 0 Å². The van der Waals surface area contributed by atoms with Gasteiger partial charge in [-0.15, -0.1) is 10.2 Å². The second kappa shape index (κ2) is 6.72. The van der Waals surface area contributed by atoms with Crippen LogP contribution in [-0.2, 0) is 0 Å². The lowest BCUT2D eigenvalue weighted by atomic mass is 10.1. The first-order valence-electron chi connectivity index (χ1n) is 8.52. The molecule has 0 unspecified atom stereocenters. The van der Waals surface area contributed by atoms with E-state index in [0.29, 0.717) is 34.6 Å². The first kappa shape index (κ1) is 16.5. The second-order valence-corrected chi connectivity index (χ2v) is 6.33. The molecule has 0 saturated carbocycles. The molecule has 4 rings (SSSR count). The molecule has 0 spiro atoms. The Hall–Kier alpha value is -3.00. The Balaban J connectivity index is 1.56. The minimum Gasteiger partial charge on any atom is -0.506 e. The minimum absolute atomic E-state index is 0.0232. The van der Waals surface area contributed by atoms with Crippen LogP contribution in [0.2, 0.25) is 0 Å². The number of nitrogens with zero attached hydrogens (tertiary/aromatic N) is 5. The summed E-state index contributed by atoms with van der Waals surface area (Å²) in [6.45, 7) is 3.63. The van der Waals surface area contributed by atoms with Crippen LogP contribution in [0.3, 0.4) is 0 Å². The smallest absolute Gasteiger partial charge is 0.191 e. The maximum absolute atomic E-state index is 10.3. The quantitative estimate of drug-likeness (QED) is 0.735. The summed E-state index contributed by atoms with van der Waals surface area (Å²) in [5.74, 6) is 1.98. The van der Waals surface area contributed by atoms with E-state index in [4.69, 9.17) is 4.42 Å². The molecule has 3 aromatic heterocycles. The average molecular weight is 352 g/mol. The number of hydrogen-bond acceptors (Lipinski definition) is 8. The van der Waals surface area contributed by atoms with Crippen LogP contribution in [0.15, 0.2) is 35.0 Å². The Morgan fingerprint density at radius 1 is 1.23 bits per heavy atom. The molecule has 1 aliphatic heterocycles. The zero-order valence-corrected chi connectivity index (χ0v) is 14.7. The summed E-state index contributed by atoms with van der Waals surface area (Å²) >= 11 is 0. The highest BCUT2D eigenvalue weighted by atomic mass is 16.4. The Bertz CT molecular complexity index is 908. The van der Waals surface area contributed by atoms with Gasteiger partial charge in [-0.05, 0) is 31.7 Å². The van der Waals surface area contributed by atoms with E-state index >= 15 is 0 Å². The third-order valence-corrected chi connectivity index (χ3v) is 4.59. The number of aromatic hydroxyl groups is 1. The SMILES string of the molecule is CN[C@@H]1CCN(c2ccc(-c3ncc(-c4cnc(C)o4)cc3O)nn2)C1. The summed E-state index contributed by atoms with van der Waals surface area (Å²) in [4.78, 5) is 10.6. The Morgan fingerprint density at radius 3 is 2.73 bits per heavy atom. The predicted octanol–water partition coefficient (Wildman–Crippen LogP) is 2.01. The molecule has 0 aliphatic carbocycles. The molecule has 2 N–H and O–H groups in total. The standard InChI is InChI=1S/C18H20N6O2/c1-11-20-9-16(26-11)12-7-15(25)18(21-8-12)14-3-4-17(23-22-14)24-6-5-13(10-24)19-2/h3-4,7-9,13,19,25H,5-6,10H2,1-2H3/t13-/m1/s1. The third-order valence-electron chi connectivity index (χ3n) is 4.59. The number of nitrogens with one attached hydrogen (secondary N) is 1. The van der Waals surface area contributed by atoms with Crippen molar-refractivity contribution in [3.05, 3.63) is 36.5 Å². The molecule has 1 saturated heterocycles. The van der Waals surface area contributed by atoms with Gasteiger partial charge < -0.3 is 19.7 Å². The van der Waals surface area contributed by atoms with Crippen molar-refractivity contribution in [2.45, 2.75) is 19.4 Å². The van der Waals surface area contributed by atoms with Crippen molar-refractivity contribution in [2.75, 3.05) is 25.0 Å². The molecule has 1 atom stereocenters. The van der Waals surface area contributed by atoms with E-state index in [-0.39, 0.29) is 5.75 Å². The molecule has 8 heteroatoms. The number of likely N-dealkylation sites (N-methyl/N-ethyl adjacent to an activating group) is 1. The monoisotopic (exact) mass is 352 g/mol. The summed E-state index contributed by atoms with van der Waals surface area (Å²) in [5.41, 5.74) is 1.57. The van der Waals surface area contributed by atoms with E-state index in [9.17, 15) is 5.11 Å². The highest BCUT2D eigenvalue weighted by Gasteiger charge is 2.22. The Morgan fingerprint density at radius 2 is 2.12 bits per heavy atom. The van der Waals surface area contributed by atoms with Gasteiger partial charge >= 0.3 is 0 Å². The maximum atomic E-state index is 10.3. The van der Waals surface area contributed by atoms with Gasteiger partial charge in [0.25, 0.3) is 0 Å². The van der Waals surface area contributed by atoms with E-state index in [0.717, 1.165) is 25.3 Å². The number of aromatic nitrogens is 4. The van der Waals surface area contributed by atoms with E-state index < -0.39 is 0 Å². The number of oxazole rings is 1. The molecule has 134 valence electrons. The summed E-state index contributed by atoms with van der Waals surface area (Å²) in [6.07, 6.45) is 4.32. The lowest BCUT2D eigenvalue weighted by Gasteiger charge is -2.16. The van der Waals surface area contributed by atoms with Crippen molar-refractivity contribution in [1.29, 1.82) is 0 Å². The van der Waals surface area contributed by atoms with Crippen molar-refractivity contribution < 1.29 is 9.52 Å². The normalized spacial score (nSPS) is 17.0. The largest absolute Gasteiger partial charge is 0.506 e. The summed E-state index contributed by atoms with van der Waals surface area (Å²) in [5, 5.41) is 22.2. The van der Waals surface area contributed by atoms with E-state index in [1.807, 2.05) is 19.2 Å². The van der Waals surface area contributed by atoms with Gasteiger partial charge in [0.2, 0.25) is 0 Å². The molecule has 0 bridgehead atoms. The van der Waals surface area contributed by atoms with Gasteiger partial charge in [0.05, 0.1) is 6.20 Å². The highest BCUT2D eigenvalue weighted by Crippen LogP contribution is 2.30.